The van der Waals surface area contributed by atoms with Crippen molar-refractivity contribution in [3.05, 3.63) is 57.9 Å². The Hall–Kier alpha value is -1.46. The van der Waals surface area contributed by atoms with Gasteiger partial charge in [-0.3, -0.25) is 0 Å². The van der Waals surface area contributed by atoms with E-state index in [2.05, 4.69) is 26.2 Å². The highest BCUT2D eigenvalue weighted by Gasteiger charge is 2.04. The first-order chi connectivity index (χ1) is 8.69. The SMILES string of the molecule is NCc1cccc(CNc2ncc(Br)cc2F)c1. The van der Waals surface area contributed by atoms with Gasteiger partial charge in [-0.05, 0) is 33.1 Å². The van der Waals surface area contributed by atoms with Crippen molar-refractivity contribution >= 4 is 21.7 Å². The van der Waals surface area contributed by atoms with Crippen molar-refractivity contribution in [2.24, 2.45) is 5.73 Å². The van der Waals surface area contributed by atoms with E-state index < -0.39 is 0 Å². The molecule has 3 nitrogen and oxygen atoms in total. The van der Waals surface area contributed by atoms with Crippen LogP contribution in [0.4, 0.5) is 10.2 Å². The van der Waals surface area contributed by atoms with Gasteiger partial charge in [0.25, 0.3) is 0 Å². The first-order valence-electron chi connectivity index (χ1n) is 5.52. The minimum Gasteiger partial charge on any atom is -0.364 e. The fraction of sp³-hybridized carbons (Fsp3) is 0.154. The molecule has 3 N–H and O–H groups in total. The zero-order valence-corrected chi connectivity index (χ0v) is 11.2. The van der Waals surface area contributed by atoms with Crippen LogP contribution in [0.15, 0.2) is 41.0 Å². The van der Waals surface area contributed by atoms with Crippen LogP contribution in [0.2, 0.25) is 0 Å². The molecule has 0 aliphatic rings. The van der Waals surface area contributed by atoms with E-state index in [1.54, 1.807) is 6.20 Å². The van der Waals surface area contributed by atoms with Gasteiger partial charge in [-0.1, -0.05) is 24.3 Å². The van der Waals surface area contributed by atoms with Gasteiger partial charge in [-0.2, -0.15) is 0 Å². The largest absolute Gasteiger partial charge is 0.364 e. The molecule has 0 spiro atoms. The number of nitrogens with zero attached hydrogens (tertiary/aromatic N) is 1. The van der Waals surface area contributed by atoms with Crippen LogP contribution in [0.3, 0.4) is 0 Å². The number of hydrogen-bond donors (Lipinski definition) is 2. The maximum Gasteiger partial charge on any atom is 0.166 e. The van der Waals surface area contributed by atoms with E-state index in [1.165, 1.54) is 6.07 Å². The minimum absolute atomic E-state index is 0.247. The van der Waals surface area contributed by atoms with Crippen LogP contribution in [0.25, 0.3) is 0 Å². The Balaban J connectivity index is 2.06. The van der Waals surface area contributed by atoms with E-state index in [-0.39, 0.29) is 11.6 Å². The predicted molar refractivity (Wildman–Crippen MR) is 73.6 cm³/mol. The van der Waals surface area contributed by atoms with Crippen LogP contribution in [-0.2, 0) is 13.1 Å². The molecular weight excluding hydrogens is 297 g/mol. The summed E-state index contributed by atoms with van der Waals surface area (Å²) < 4.78 is 14.1. The second-order valence-electron chi connectivity index (χ2n) is 3.86. The summed E-state index contributed by atoms with van der Waals surface area (Å²) in [6, 6.07) is 9.23. The highest BCUT2D eigenvalue weighted by molar-refractivity contribution is 9.10. The van der Waals surface area contributed by atoms with Gasteiger partial charge in [0.2, 0.25) is 0 Å². The number of benzene rings is 1. The normalized spacial score (nSPS) is 10.4. The van der Waals surface area contributed by atoms with Gasteiger partial charge in [0.1, 0.15) is 0 Å². The number of anilines is 1. The molecule has 5 heteroatoms. The summed E-state index contributed by atoms with van der Waals surface area (Å²) in [5.41, 5.74) is 7.67. The molecule has 0 fully saturated rings. The summed E-state index contributed by atoms with van der Waals surface area (Å²) in [6.45, 7) is 1.01. The van der Waals surface area contributed by atoms with Crippen LogP contribution in [-0.4, -0.2) is 4.98 Å². The monoisotopic (exact) mass is 309 g/mol. The molecule has 1 aromatic carbocycles. The van der Waals surface area contributed by atoms with Crippen molar-refractivity contribution in [2.75, 3.05) is 5.32 Å². The third-order valence-corrected chi connectivity index (χ3v) is 2.93. The summed E-state index contributed by atoms with van der Waals surface area (Å²) in [5.74, 6) is -0.129. The summed E-state index contributed by atoms with van der Waals surface area (Å²) in [6.07, 6.45) is 1.56. The third-order valence-electron chi connectivity index (χ3n) is 2.49. The lowest BCUT2D eigenvalue weighted by molar-refractivity contribution is 0.623. The third kappa shape index (κ3) is 3.27. The van der Waals surface area contributed by atoms with E-state index in [0.717, 1.165) is 11.1 Å². The average molecular weight is 310 g/mol. The summed E-state index contributed by atoms with van der Waals surface area (Å²) >= 11 is 3.17. The lowest BCUT2D eigenvalue weighted by atomic mass is 10.1. The molecule has 0 aliphatic carbocycles. The molecule has 0 bridgehead atoms. The van der Waals surface area contributed by atoms with E-state index in [9.17, 15) is 4.39 Å². The molecule has 1 aromatic heterocycles. The molecule has 0 unspecified atom stereocenters. The molecule has 94 valence electrons. The Kier molecular flexibility index (Phi) is 4.28. The number of pyridine rings is 1. The second-order valence-corrected chi connectivity index (χ2v) is 4.78. The van der Waals surface area contributed by atoms with Crippen molar-refractivity contribution < 1.29 is 4.39 Å². The predicted octanol–water partition coefficient (Wildman–Crippen LogP) is 3.05. The van der Waals surface area contributed by atoms with Crippen molar-refractivity contribution in [2.45, 2.75) is 13.1 Å². The number of nitrogens with two attached hydrogens (primary N) is 1. The summed E-state index contributed by atoms with van der Waals surface area (Å²) in [4.78, 5) is 3.98. The van der Waals surface area contributed by atoms with Crippen LogP contribution >= 0.6 is 15.9 Å². The highest BCUT2D eigenvalue weighted by atomic mass is 79.9. The molecule has 2 rings (SSSR count). The lowest BCUT2D eigenvalue weighted by Crippen LogP contribution is -2.04. The number of nitrogens with one attached hydrogen (secondary N) is 1. The topological polar surface area (TPSA) is 50.9 Å². The number of hydrogen-bond acceptors (Lipinski definition) is 3. The van der Waals surface area contributed by atoms with E-state index in [4.69, 9.17) is 5.73 Å². The fourth-order valence-corrected chi connectivity index (χ4v) is 1.90. The molecule has 0 saturated heterocycles. The van der Waals surface area contributed by atoms with Crippen LogP contribution < -0.4 is 11.1 Å². The first-order valence-corrected chi connectivity index (χ1v) is 6.31. The smallest absolute Gasteiger partial charge is 0.166 e. The minimum atomic E-state index is -0.376. The Labute approximate surface area is 113 Å². The zero-order chi connectivity index (χ0) is 13.0. The average Bonchev–Trinajstić information content (AvgIpc) is 2.38. The van der Waals surface area contributed by atoms with Gasteiger partial charge >= 0.3 is 0 Å². The molecule has 0 aliphatic heterocycles. The quantitative estimate of drug-likeness (QED) is 0.912. The Morgan fingerprint density at radius 2 is 2.06 bits per heavy atom. The molecule has 18 heavy (non-hydrogen) atoms. The molecule has 0 saturated carbocycles. The molecule has 0 radical (unpaired) electrons. The van der Waals surface area contributed by atoms with Gasteiger partial charge in [0.15, 0.2) is 11.6 Å². The molecular formula is C13H13BrFN3. The number of rotatable bonds is 4. The number of aromatic nitrogens is 1. The van der Waals surface area contributed by atoms with Crippen LogP contribution in [0.5, 0.6) is 0 Å². The van der Waals surface area contributed by atoms with Gasteiger partial charge < -0.3 is 11.1 Å². The molecule has 0 atom stereocenters. The molecule has 2 aromatic rings. The molecule has 1 heterocycles. The zero-order valence-electron chi connectivity index (χ0n) is 9.66. The van der Waals surface area contributed by atoms with Gasteiger partial charge in [-0.15, -0.1) is 0 Å². The fourth-order valence-electron chi connectivity index (χ4n) is 1.60. The van der Waals surface area contributed by atoms with E-state index in [0.29, 0.717) is 17.6 Å². The number of halogens is 2. The van der Waals surface area contributed by atoms with Crippen LogP contribution in [0, 0.1) is 5.82 Å². The maximum atomic E-state index is 13.5. The van der Waals surface area contributed by atoms with Gasteiger partial charge in [-0.25, -0.2) is 9.37 Å². The highest BCUT2D eigenvalue weighted by Crippen LogP contribution is 2.17. The van der Waals surface area contributed by atoms with E-state index >= 15 is 0 Å². The van der Waals surface area contributed by atoms with E-state index in [1.807, 2.05) is 24.3 Å². The maximum absolute atomic E-state index is 13.5. The Bertz CT molecular complexity index is 546. The van der Waals surface area contributed by atoms with Crippen molar-refractivity contribution in [3.8, 4) is 0 Å². The summed E-state index contributed by atoms with van der Waals surface area (Å²) in [7, 11) is 0. The van der Waals surface area contributed by atoms with Gasteiger partial charge in [0, 0.05) is 23.8 Å². The van der Waals surface area contributed by atoms with Crippen molar-refractivity contribution in [1.29, 1.82) is 0 Å². The van der Waals surface area contributed by atoms with Crippen molar-refractivity contribution in [1.82, 2.24) is 4.98 Å². The Morgan fingerprint density at radius 3 is 2.78 bits per heavy atom. The molecule has 0 amide bonds. The second kappa shape index (κ2) is 5.93. The first kappa shape index (κ1) is 13.0. The standard InChI is InChI=1S/C13H13BrFN3/c14-11-5-12(15)13(18-8-11)17-7-10-3-1-2-9(4-10)6-16/h1-5,8H,6-7,16H2,(H,17,18). The Morgan fingerprint density at radius 1 is 1.28 bits per heavy atom. The summed E-state index contributed by atoms with van der Waals surface area (Å²) in [5, 5.41) is 2.96. The van der Waals surface area contributed by atoms with Crippen LogP contribution in [0.1, 0.15) is 11.1 Å². The van der Waals surface area contributed by atoms with Gasteiger partial charge in [0.05, 0.1) is 0 Å². The lowest BCUT2D eigenvalue weighted by Gasteiger charge is -2.08. The van der Waals surface area contributed by atoms with Crippen molar-refractivity contribution in [3.63, 3.8) is 0 Å².